The standard InChI is InChI=1S/C20H19NO5S2/c1-13-11-14(18-5-4-10-27-18)12-17(20(22)26-3)19(13)21-28(23,24)16-8-6-15(25-2)7-9-16/h4-12,21H,1-3H3. The van der Waals surface area contributed by atoms with Crippen molar-refractivity contribution in [3.05, 3.63) is 65.0 Å². The molecule has 1 aromatic heterocycles. The molecule has 28 heavy (non-hydrogen) atoms. The molecule has 2 aromatic carbocycles. The molecule has 0 spiro atoms. The first-order chi connectivity index (χ1) is 13.4. The average molecular weight is 418 g/mol. The number of benzene rings is 2. The summed E-state index contributed by atoms with van der Waals surface area (Å²) < 4.78 is 38.1. The highest BCUT2D eigenvalue weighted by molar-refractivity contribution is 7.92. The van der Waals surface area contributed by atoms with Crippen LogP contribution in [-0.2, 0) is 14.8 Å². The van der Waals surface area contributed by atoms with Crippen LogP contribution in [0.15, 0.2) is 58.8 Å². The topological polar surface area (TPSA) is 81.7 Å². The normalized spacial score (nSPS) is 11.1. The number of sulfonamides is 1. The van der Waals surface area contributed by atoms with Crippen LogP contribution in [0.25, 0.3) is 10.4 Å². The minimum atomic E-state index is -3.90. The largest absolute Gasteiger partial charge is 0.497 e. The van der Waals surface area contributed by atoms with Crippen LogP contribution in [0.3, 0.4) is 0 Å². The smallest absolute Gasteiger partial charge is 0.340 e. The molecule has 3 rings (SSSR count). The summed E-state index contributed by atoms with van der Waals surface area (Å²) in [7, 11) is -1.14. The van der Waals surface area contributed by atoms with Crippen molar-refractivity contribution in [1.82, 2.24) is 0 Å². The van der Waals surface area contributed by atoms with Crippen molar-refractivity contribution in [2.24, 2.45) is 0 Å². The van der Waals surface area contributed by atoms with Crippen LogP contribution < -0.4 is 9.46 Å². The lowest BCUT2D eigenvalue weighted by molar-refractivity contribution is 0.0602. The van der Waals surface area contributed by atoms with E-state index in [1.165, 1.54) is 37.7 Å². The van der Waals surface area contributed by atoms with Crippen LogP contribution in [0.4, 0.5) is 5.69 Å². The van der Waals surface area contributed by atoms with Crippen LogP contribution in [0, 0.1) is 6.92 Å². The van der Waals surface area contributed by atoms with E-state index in [1.807, 2.05) is 23.6 Å². The molecule has 1 heterocycles. The number of carbonyl (C=O) groups is 1. The zero-order valence-corrected chi connectivity index (χ0v) is 17.2. The SMILES string of the molecule is COC(=O)c1cc(-c2cccs2)cc(C)c1NS(=O)(=O)c1ccc(OC)cc1. The highest BCUT2D eigenvalue weighted by atomic mass is 32.2. The van der Waals surface area contributed by atoms with Gasteiger partial charge in [0.15, 0.2) is 0 Å². The third kappa shape index (κ3) is 4.02. The quantitative estimate of drug-likeness (QED) is 0.604. The van der Waals surface area contributed by atoms with Gasteiger partial charge >= 0.3 is 5.97 Å². The molecule has 3 aromatic rings. The summed E-state index contributed by atoms with van der Waals surface area (Å²) in [4.78, 5) is 13.4. The van der Waals surface area contributed by atoms with Crippen LogP contribution in [-0.4, -0.2) is 28.6 Å². The Balaban J connectivity index is 2.06. The minimum Gasteiger partial charge on any atom is -0.497 e. The molecule has 0 amide bonds. The van der Waals surface area contributed by atoms with E-state index in [0.29, 0.717) is 11.3 Å². The zero-order valence-electron chi connectivity index (χ0n) is 15.6. The van der Waals surface area contributed by atoms with Gasteiger partial charge in [0.05, 0.1) is 30.4 Å². The van der Waals surface area contributed by atoms with Crippen molar-refractivity contribution in [3.63, 3.8) is 0 Å². The van der Waals surface area contributed by atoms with Gasteiger partial charge < -0.3 is 9.47 Å². The fourth-order valence-corrected chi connectivity index (χ4v) is 4.59. The second kappa shape index (κ2) is 8.04. The maximum Gasteiger partial charge on any atom is 0.340 e. The molecule has 0 aliphatic carbocycles. The van der Waals surface area contributed by atoms with Gasteiger partial charge in [-0.25, -0.2) is 13.2 Å². The predicted octanol–water partition coefficient (Wildman–Crippen LogP) is 4.32. The van der Waals surface area contributed by atoms with E-state index in [0.717, 1.165) is 10.4 Å². The second-order valence-corrected chi connectivity index (χ2v) is 8.60. The molecule has 146 valence electrons. The third-order valence-corrected chi connectivity index (χ3v) is 6.44. The predicted molar refractivity (Wildman–Crippen MR) is 110 cm³/mol. The maximum atomic E-state index is 12.8. The van der Waals surface area contributed by atoms with Crippen LogP contribution in [0.2, 0.25) is 0 Å². The summed E-state index contributed by atoms with van der Waals surface area (Å²) in [6.07, 6.45) is 0. The summed E-state index contributed by atoms with van der Waals surface area (Å²) in [5, 5.41) is 1.93. The Morgan fingerprint density at radius 1 is 1.07 bits per heavy atom. The van der Waals surface area contributed by atoms with Crippen LogP contribution in [0.1, 0.15) is 15.9 Å². The van der Waals surface area contributed by atoms with Crippen molar-refractivity contribution >= 4 is 33.0 Å². The number of esters is 1. The lowest BCUT2D eigenvalue weighted by Crippen LogP contribution is -2.17. The molecule has 0 atom stereocenters. The molecule has 1 N–H and O–H groups in total. The first kappa shape index (κ1) is 19.9. The van der Waals surface area contributed by atoms with Gasteiger partial charge in [0.25, 0.3) is 10.0 Å². The van der Waals surface area contributed by atoms with Gasteiger partial charge in [0.1, 0.15) is 5.75 Å². The fourth-order valence-electron chi connectivity index (χ4n) is 2.73. The maximum absolute atomic E-state index is 12.8. The molecule has 8 heteroatoms. The third-order valence-electron chi connectivity index (χ3n) is 4.15. The summed E-state index contributed by atoms with van der Waals surface area (Å²) >= 11 is 1.53. The summed E-state index contributed by atoms with van der Waals surface area (Å²) in [5.41, 5.74) is 1.79. The monoisotopic (exact) mass is 417 g/mol. The van der Waals surface area contributed by atoms with Gasteiger partial charge in [-0.3, -0.25) is 4.72 Å². The number of hydrogen-bond acceptors (Lipinski definition) is 6. The number of thiophene rings is 1. The summed E-state index contributed by atoms with van der Waals surface area (Å²) in [6, 6.07) is 13.3. The first-order valence-electron chi connectivity index (χ1n) is 8.29. The molecule has 0 saturated carbocycles. The number of methoxy groups -OCH3 is 2. The number of ether oxygens (including phenoxy) is 2. The fraction of sp³-hybridized carbons (Fsp3) is 0.150. The average Bonchev–Trinajstić information content (AvgIpc) is 3.23. The molecule has 0 bridgehead atoms. The Bertz CT molecular complexity index is 1090. The molecule has 0 radical (unpaired) electrons. The summed E-state index contributed by atoms with van der Waals surface area (Å²) in [6.45, 7) is 1.75. The van der Waals surface area contributed by atoms with E-state index in [1.54, 1.807) is 25.1 Å². The number of carbonyl (C=O) groups excluding carboxylic acids is 1. The van der Waals surface area contributed by atoms with Gasteiger partial charge in [-0.05, 0) is 65.9 Å². The molecule has 0 aliphatic heterocycles. The Hall–Kier alpha value is -2.84. The zero-order chi connectivity index (χ0) is 20.3. The first-order valence-corrected chi connectivity index (χ1v) is 10.7. The van der Waals surface area contributed by atoms with E-state index >= 15 is 0 Å². The Labute approximate surface area is 167 Å². The van der Waals surface area contributed by atoms with Crippen molar-refractivity contribution in [2.75, 3.05) is 18.9 Å². The number of nitrogens with one attached hydrogen (secondary N) is 1. The van der Waals surface area contributed by atoms with Crippen LogP contribution in [0.5, 0.6) is 5.75 Å². The lowest BCUT2D eigenvalue weighted by atomic mass is 10.0. The van der Waals surface area contributed by atoms with Crippen molar-refractivity contribution in [1.29, 1.82) is 0 Å². The van der Waals surface area contributed by atoms with Crippen molar-refractivity contribution in [3.8, 4) is 16.2 Å². The van der Waals surface area contributed by atoms with E-state index in [-0.39, 0.29) is 16.1 Å². The summed E-state index contributed by atoms with van der Waals surface area (Å²) in [5.74, 6) is -0.0698. The van der Waals surface area contributed by atoms with E-state index < -0.39 is 16.0 Å². The van der Waals surface area contributed by atoms with Crippen LogP contribution >= 0.6 is 11.3 Å². The van der Waals surface area contributed by atoms with Gasteiger partial charge in [-0.15, -0.1) is 11.3 Å². The molecule has 0 unspecified atom stereocenters. The van der Waals surface area contributed by atoms with Gasteiger partial charge in [-0.2, -0.15) is 0 Å². The molecule has 6 nitrogen and oxygen atoms in total. The molecule has 0 aliphatic rings. The number of aryl methyl sites for hydroxylation is 1. The second-order valence-electron chi connectivity index (χ2n) is 5.97. The van der Waals surface area contributed by atoms with Gasteiger partial charge in [-0.1, -0.05) is 6.07 Å². The Morgan fingerprint density at radius 3 is 2.36 bits per heavy atom. The highest BCUT2D eigenvalue weighted by Gasteiger charge is 2.22. The number of rotatable bonds is 6. The van der Waals surface area contributed by atoms with E-state index in [4.69, 9.17) is 9.47 Å². The molecule has 0 saturated heterocycles. The highest BCUT2D eigenvalue weighted by Crippen LogP contribution is 2.33. The van der Waals surface area contributed by atoms with E-state index in [9.17, 15) is 13.2 Å². The Morgan fingerprint density at radius 2 is 1.79 bits per heavy atom. The number of hydrogen-bond donors (Lipinski definition) is 1. The molecular weight excluding hydrogens is 398 g/mol. The molecule has 0 fully saturated rings. The number of anilines is 1. The van der Waals surface area contributed by atoms with E-state index in [2.05, 4.69) is 4.72 Å². The minimum absolute atomic E-state index is 0.0610. The lowest BCUT2D eigenvalue weighted by Gasteiger charge is -2.16. The Kier molecular flexibility index (Phi) is 5.71. The van der Waals surface area contributed by atoms with Crippen molar-refractivity contribution < 1.29 is 22.7 Å². The van der Waals surface area contributed by atoms with Gasteiger partial charge in [0, 0.05) is 4.88 Å². The van der Waals surface area contributed by atoms with Crippen molar-refractivity contribution in [2.45, 2.75) is 11.8 Å². The van der Waals surface area contributed by atoms with Gasteiger partial charge in [0.2, 0.25) is 0 Å². The molecular formula is C20H19NO5S2.